The lowest BCUT2D eigenvalue weighted by Gasteiger charge is -2.14. The quantitative estimate of drug-likeness (QED) is 0.741. The zero-order chi connectivity index (χ0) is 12.1. The number of rotatable bonds is 1. The fraction of sp³-hybridized carbons (Fsp3) is 0.333. The average Bonchev–Trinajstić information content (AvgIpc) is 2.38. The molecule has 1 heterocycles. The van der Waals surface area contributed by atoms with Crippen LogP contribution in [-0.4, -0.2) is 22.6 Å². The molecule has 1 aliphatic rings. The highest BCUT2D eigenvalue weighted by atomic mass is 35.5. The average molecular weight is 282 g/mol. The van der Waals surface area contributed by atoms with Gasteiger partial charge in [0.25, 0.3) is 13.7 Å². The first-order valence-electron chi connectivity index (χ1n) is 4.37. The highest BCUT2D eigenvalue weighted by molar-refractivity contribution is 7.96. The number of sulfonamides is 1. The van der Waals surface area contributed by atoms with E-state index in [1.54, 1.807) is 12.1 Å². The van der Waals surface area contributed by atoms with E-state index in [4.69, 9.17) is 27.9 Å². The third-order valence-electron chi connectivity index (χ3n) is 2.54. The summed E-state index contributed by atoms with van der Waals surface area (Å²) >= 11 is 11.8. The number of alkyl halides is 2. The van der Waals surface area contributed by atoms with Gasteiger partial charge in [0, 0.05) is 12.6 Å². The van der Waals surface area contributed by atoms with Crippen LogP contribution in [0.5, 0.6) is 5.75 Å². The van der Waals surface area contributed by atoms with Gasteiger partial charge < -0.3 is 4.74 Å². The lowest BCUT2D eigenvalue weighted by molar-refractivity contribution is 0.414. The Morgan fingerprint density at radius 2 is 2.00 bits per heavy atom. The fourth-order valence-electron chi connectivity index (χ4n) is 1.59. The lowest BCUT2D eigenvalue weighted by atomic mass is 10.2. The normalized spacial score (nSPS) is 20.6. The van der Waals surface area contributed by atoms with E-state index in [1.807, 2.05) is 0 Å². The largest absolute Gasteiger partial charge is 0.497 e. The highest BCUT2D eigenvalue weighted by Crippen LogP contribution is 2.52. The van der Waals surface area contributed by atoms with Crippen molar-refractivity contribution in [1.29, 1.82) is 0 Å². The van der Waals surface area contributed by atoms with Crippen molar-refractivity contribution in [1.82, 2.24) is 0 Å². The summed E-state index contributed by atoms with van der Waals surface area (Å²) in [4.78, 5) is 0. The molecule has 0 saturated carbocycles. The van der Waals surface area contributed by atoms with Crippen molar-refractivity contribution in [3.63, 3.8) is 0 Å². The molecule has 0 atom stereocenters. The molecule has 0 unspecified atom stereocenters. The molecule has 0 bridgehead atoms. The van der Waals surface area contributed by atoms with Gasteiger partial charge in [-0.3, -0.25) is 4.31 Å². The van der Waals surface area contributed by atoms with Crippen LogP contribution in [0.15, 0.2) is 18.2 Å². The van der Waals surface area contributed by atoms with Crippen molar-refractivity contribution in [2.45, 2.75) is 3.67 Å². The Kier molecular flexibility index (Phi) is 2.53. The van der Waals surface area contributed by atoms with Gasteiger partial charge in [-0.25, -0.2) is 8.42 Å². The molecule has 0 amide bonds. The molecule has 7 heteroatoms. The second-order valence-corrected chi connectivity index (χ2v) is 7.26. The van der Waals surface area contributed by atoms with Crippen LogP contribution < -0.4 is 9.04 Å². The molecule has 0 aliphatic carbocycles. The van der Waals surface area contributed by atoms with Gasteiger partial charge in [0.05, 0.1) is 12.8 Å². The minimum Gasteiger partial charge on any atom is -0.497 e. The van der Waals surface area contributed by atoms with Gasteiger partial charge in [-0.05, 0) is 18.2 Å². The van der Waals surface area contributed by atoms with Gasteiger partial charge in [0.15, 0.2) is 0 Å². The van der Waals surface area contributed by atoms with Crippen molar-refractivity contribution in [3.05, 3.63) is 23.8 Å². The molecule has 1 aliphatic heterocycles. The molecule has 16 heavy (non-hydrogen) atoms. The molecule has 0 radical (unpaired) electrons. The Bertz CT molecular complexity index is 542. The second-order valence-electron chi connectivity index (χ2n) is 3.37. The van der Waals surface area contributed by atoms with Crippen molar-refractivity contribution < 1.29 is 13.2 Å². The number of halogens is 2. The first-order valence-corrected chi connectivity index (χ1v) is 6.57. The predicted octanol–water partition coefficient (Wildman–Crippen LogP) is 2.06. The lowest BCUT2D eigenvalue weighted by Crippen LogP contribution is -2.29. The summed E-state index contributed by atoms with van der Waals surface area (Å²) in [6.45, 7) is 0. The third kappa shape index (κ3) is 1.31. The summed E-state index contributed by atoms with van der Waals surface area (Å²) in [6, 6.07) is 4.79. The Morgan fingerprint density at radius 1 is 1.38 bits per heavy atom. The summed E-state index contributed by atoms with van der Waals surface area (Å²) in [6.07, 6.45) is 0. The number of anilines is 1. The Balaban J connectivity index is 2.73. The van der Waals surface area contributed by atoms with E-state index in [9.17, 15) is 8.42 Å². The molecule has 0 spiro atoms. The van der Waals surface area contributed by atoms with Gasteiger partial charge in [-0.1, -0.05) is 23.2 Å². The Hall–Kier alpha value is -0.650. The maximum Gasteiger partial charge on any atom is 0.273 e. The summed E-state index contributed by atoms with van der Waals surface area (Å²) in [5, 5.41) is 0. The van der Waals surface area contributed by atoms with Crippen LogP contribution in [0.4, 0.5) is 5.69 Å². The number of hydrogen-bond acceptors (Lipinski definition) is 3. The molecule has 0 aromatic heterocycles. The van der Waals surface area contributed by atoms with Gasteiger partial charge in [0.1, 0.15) is 5.75 Å². The van der Waals surface area contributed by atoms with Crippen LogP contribution >= 0.6 is 23.2 Å². The number of benzene rings is 1. The molecule has 4 nitrogen and oxygen atoms in total. The summed E-state index contributed by atoms with van der Waals surface area (Å²) < 4.78 is 27.9. The number of ether oxygens (including phenoxy) is 1. The molecular weight excluding hydrogens is 273 g/mol. The molecule has 0 N–H and O–H groups in total. The van der Waals surface area contributed by atoms with Gasteiger partial charge in [0.2, 0.25) is 0 Å². The van der Waals surface area contributed by atoms with Crippen LogP contribution in [0.25, 0.3) is 0 Å². The maximum atomic E-state index is 11.9. The van der Waals surface area contributed by atoms with Crippen LogP contribution in [-0.2, 0) is 13.7 Å². The number of nitrogens with zero attached hydrogens (tertiary/aromatic N) is 1. The maximum absolute atomic E-state index is 11.9. The van der Waals surface area contributed by atoms with E-state index in [2.05, 4.69) is 0 Å². The number of hydrogen-bond donors (Lipinski definition) is 0. The predicted molar refractivity (Wildman–Crippen MR) is 63.7 cm³/mol. The van der Waals surface area contributed by atoms with E-state index >= 15 is 0 Å². The summed E-state index contributed by atoms with van der Waals surface area (Å²) in [5.41, 5.74) is 0.781. The van der Waals surface area contributed by atoms with Gasteiger partial charge in [-0.2, -0.15) is 0 Å². The molecular formula is C9H9Cl2NO3S. The monoisotopic (exact) mass is 281 g/mol. The second kappa shape index (κ2) is 3.42. The van der Waals surface area contributed by atoms with E-state index in [0.717, 1.165) is 4.31 Å². The number of fused-ring (bicyclic) bond motifs is 1. The molecule has 1 aromatic carbocycles. The van der Waals surface area contributed by atoms with Crippen LogP contribution in [0.1, 0.15) is 5.56 Å². The van der Waals surface area contributed by atoms with Crippen LogP contribution in [0, 0.1) is 0 Å². The Labute approximate surface area is 104 Å². The number of methoxy groups -OCH3 is 1. The molecule has 2 rings (SSSR count). The van der Waals surface area contributed by atoms with Crippen molar-refractivity contribution in [2.75, 3.05) is 18.5 Å². The fourth-order valence-corrected chi connectivity index (χ4v) is 3.72. The minimum absolute atomic E-state index is 0.317. The standard InChI is InChI=1S/C9H9Cl2NO3S/c1-12-8-4-3-6(15-2)5-7(8)9(10,11)16(12,13)14/h3-5H,1-2H3. The minimum atomic E-state index is -3.78. The van der Waals surface area contributed by atoms with E-state index in [1.165, 1.54) is 20.2 Å². The SMILES string of the molecule is COc1ccc2c(c1)C(Cl)(Cl)S(=O)(=O)N2C. The molecule has 0 saturated heterocycles. The first kappa shape index (κ1) is 11.8. The van der Waals surface area contributed by atoms with Crippen molar-refractivity contribution in [3.8, 4) is 5.75 Å². The molecule has 0 fully saturated rings. The van der Waals surface area contributed by atoms with E-state index < -0.39 is 13.7 Å². The topological polar surface area (TPSA) is 46.6 Å². The van der Waals surface area contributed by atoms with E-state index in [0.29, 0.717) is 17.0 Å². The Morgan fingerprint density at radius 3 is 2.56 bits per heavy atom. The first-order chi connectivity index (χ1) is 7.32. The molecule has 1 aromatic rings. The smallest absolute Gasteiger partial charge is 0.273 e. The zero-order valence-electron chi connectivity index (χ0n) is 8.57. The summed E-state index contributed by atoms with van der Waals surface area (Å²) in [5.74, 6) is 0.509. The van der Waals surface area contributed by atoms with E-state index in [-0.39, 0.29) is 0 Å². The van der Waals surface area contributed by atoms with Crippen LogP contribution in [0.3, 0.4) is 0 Å². The van der Waals surface area contributed by atoms with Gasteiger partial charge in [-0.15, -0.1) is 0 Å². The summed E-state index contributed by atoms with van der Waals surface area (Å²) in [7, 11) is -0.884. The highest BCUT2D eigenvalue weighted by Gasteiger charge is 2.53. The molecule has 88 valence electrons. The van der Waals surface area contributed by atoms with Crippen molar-refractivity contribution in [2.24, 2.45) is 0 Å². The zero-order valence-corrected chi connectivity index (χ0v) is 10.9. The van der Waals surface area contributed by atoms with Gasteiger partial charge >= 0.3 is 0 Å². The third-order valence-corrected chi connectivity index (χ3v) is 5.90. The van der Waals surface area contributed by atoms with Crippen molar-refractivity contribution >= 4 is 38.9 Å². The van der Waals surface area contributed by atoms with Crippen LogP contribution in [0.2, 0.25) is 0 Å².